The van der Waals surface area contributed by atoms with Crippen LogP contribution in [0.2, 0.25) is 0 Å². The second kappa shape index (κ2) is 7.59. The van der Waals surface area contributed by atoms with Gasteiger partial charge in [-0.2, -0.15) is 0 Å². The lowest BCUT2D eigenvalue weighted by atomic mass is 10.1. The topological polar surface area (TPSA) is 59.1 Å². The van der Waals surface area contributed by atoms with Gasteiger partial charge in [0.25, 0.3) is 0 Å². The third-order valence-electron chi connectivity index (χ3n) is 4.25. The second-order valence-electron chi connectivity index (χ2n) is 6.01. The van der Waals surface area contributed by atoms with E-state index < -0.39 is 10.0 Å². The molecule has 0 aliphatic carbocycles. The van der Waals surface area contributed by atoms with Crippen LogP contribution in [0.4, 0.5) is 0 Å². The summed E-state index contributed by atoms with van der Waals surface area (Å²) in [6, 6.07) is 19.0. The van der Waals surface area contributed by atoms with Crippen molar-refractivity contribution in [3.63, 3.8) is 0 Å². The number of nitrogens with zero attached hydrogens (tertiary/aromatic N) is 1. The van der Waals surface area contributed by atoms with Crippen LogP contribution in [0.3, 0.4) is 0 Å². The van der Waals surface area contributed by atoms with E-state index in [9.17, 15) is 8.42 Å². The first-order valence-electron chi connectivity index (χ1n) is 8.56. The predicted molar refractivity (Wildman–Crippen MR) is 114 cm³/mol. The third kappa shape index (κ3) is 3.87. The fraction of sp³-hybridized carbons (Fsp3) is 0.150. The van der Waals surface area contributed by atoms with Gasteiger partial charge < -0.3 is 0 Å². The Hall–Kier alpha value is -1.93. The lowest BCUT2D eigenvalue weighted by Crippen LogP contribution is -2.23. The largest absolute Gasteiger partial charge is 0.240 e. The summed E-state index contributed by atoms with van der Waals surface area (Å²) in [7, 11) is -3.60. The second-order valence-corrected chi connectivity index (χ2v) is 10.3. The summed E-state index contributed by atoms with van der Waals surface area (Å²) in [5, 5.41) is 2.16. The van der Waals surface area contributed by atoms with Gasteiger partial charge in [0.15, 0.2) is 4.34 Å². The minimum atomic E-state index is -3.60. The number of benzene rings is 3. The van der Waals surface area contributed by atoms with Crippen molar-refractivity contribution in [1.29, 1.82) is 0 Å². The predicted octanol–water partition coefficient (Wildman–Crippen LogP) is 5.04. The highest BCUT2D eigenvalue weighted by atomic mass is 32.2. The van der Waals surface area contributed by atoms with Crippen LogP contribution < -0.4 is 4.72 Å². The lowest BCUT2D eigenvalue weighted by Gasteiger charge is -2.09. The molecule has 0 aliphatic rings. The SMILES string of the molecule is CCSc1nc2ccc(S(=O)(=O)NCc3cccc4ccccc34)cc2s1. The molecule has 27 heavy (non-hydrogen) atoms. The van der Waals surface area contributed by atoms with E-state index >= 15 is 0 Å². The van der Waals surface area contributed by atoms with Crippen molar-refractivity contribution in [2.45, 2.75) is 22.7 Å². The average Bonchev–Trinajstić information content (AvgIpc) is 3.08. The van der Waals surface area contributed by atoms with Crippen LogP contribution in [-0.4, -0.2) is 19.2 Å². The molecule has 0 aliphatic heterocycles. The Bertz CT molecular complexity index is 1210. The van der Waals surface area contributed by atoms with Gasteiger partial charge in [-0.3, -0.25) is 0 Å². The van der Waals surface area contributed by atoms with Crippen molar-refractivity contribution in [3.8, 4) is 0 Å². The van der Waals surface area contributed by atoms with Crippen LogP contribution in [0.1, 0.15) is 12.5 Å². The van der Waals surface area contributed by atoms with Crippen LogP contribution in [0.15, 0.2) is 69.9 Å². The quantitative estimate of drug-likeness (QED) is 0.449. The minimum absolute atomic E-state index is 0.251. The summed E-state index contributed by atoms with van der Waals surface area (Å²) < 4.78 is 30.2. The number of hydrogen-bond donors (Lipinski definition) is 1. The Balaban J connectivity index is 1.60. The Morgan fingerprint density at radius 3 is 2.74 bits per heavy atom. The normalized spacial score (nSPS) is 12.0. The molecule has 0 saturated carbocycles. The molecule has 0 atom stereocenters. The Morgan fingerprint density at radius 2 is 1.89 bits per heavy atom. The van der Waals surface area contributed by atoms with Crippen LogP contribution >= 0.6 is 23.1 Å². The molecule has 0 radical (unpaired) electrons. The number of nitrogens with one attached hydrogen (secondary N) is 1. The van der Waals surface area contributed by atoms with Crippen LogP contribution in [0.25, 0.3) is 21.0 Å². The van der Waals surface area contributed by atoms with E-state index in [1.54, 1.807) is 30.0 Å². The number of sulfonamides is 1. The van der Waals surface area contributed by atoms with E-state index in [0.29, 0.717) is 0 Å². The van der Waals surface area contributed by atoms with Crippen LogP contribution in [0, 0.1) is 0 Å². The van der Waals surface area contributed by atoms with Crippen LogP contribution in [0.5, 0.6) is 0 Å². The van der Waals surface area contributed by atoms with Gasteiger partial charge in [-0.1, -0.05) is 61.2 Å². The highest BCUT2D eigenvalue weighted by Gasteiger charge is 2.16. The van der Waals surface area contributed by atoms with Crippen molar-refractivity contribution in [2.75, 3.05) is 5.75 Å². The molecule has 0 saturated heterocycles. The molecule has 0 fully saturated rings. The van der Waals surface area contributed by atoms with E-state index in [4.69, 9.17) is 0 Å². The zero-order valence-electron chi connectivity index (χ0n) is 14.7. The maximum absolute atomic E-state index is 12.8. The van der Waals surface area contributed by atoms with E-state index in [1.165, 1.54) is 11.3 Å². The summed E-state index contributed by atoms with van der Waals surface area (Å²) in [5.41, 5.74) is 1.79. The molecule has 138 valence electrons. The van der Waals surface area contributed by atoms with Gasteiger partial charge in [0.2, 0.25) is 10.0 Å². The van der Waals surface area contributed by atoms with Gasteiger partial charge in [0.1, 0.15) is 0 Å². The summed E-state index contributed by atoms with van der Waals surface area (Å²) in [4.78, 5) is 4.79. The molecule has 4 nitrogen and oxygen atoms in total. The molecular formula is C20H18N2O2S3. The Morgan fingerprint density at radius 1 is 1.07 bits per heavy atom. The molecule has 1 heterocycles. The number of fused-ring (bicyclic) bond motifs is 2. The fourth-order valence-electron chi connectivity index (χ4n) is 2.94. The zero-order valence-corrected chi connectivity index (χ0v) is 17.1. The average molecular weight is 415 g/mol. The van der Waals surface area contributed by atoms with E-state index in [1.807, 2.05) is 42.5 Å². The Labute approximate surface area is 166 Å². The van der Waals surface area contributed by atoms with Crippen molar-refractivity contribution in [1.82, 2.24) is 9.71 Å². The van der Waals surface area contributed by atoms with Gasteiger partial charge in [-0.05, 0) is 40.3 Å². The molecule has 4 aromatic rings. The van der Waals surface area contributed by atoms with Crippen molar-refractivity contribution < 1.29 is 8.42 Å². The number of aromatic nitrogens is 1. The molecule has 1 aromatic heterocycles. The maximum Gasteiger partial charge on any atom is 0.240 e. The molecule has 4 rings (SSSR count). The summed E-state index contributed by atoms with van der Waals surface area (Å²) >= 11 is 3.19. The molecule has 0 unspecified atom stereocenters. The molecule has 1 N–H and O–H groups in total. The van der Waals surface area contributed by atoms with Gasteiger partial charge in [-0.15, -0.1) is 11.3 Å². The van der Waals surface area contributed by atoms with Crippen molar-refractivity contribution in [2.24, 2.45) is 0 Å². The van der Waals surface area contributed by atoms with Crippen molar-refractivity contribution >= 4 is 54.1 Å². The summed E-state index contributed by atoms with van der Waals surface area (Å²) in [5.74, 6) is 0.942. The first-order valence-corrected chi connectivity index (χ1v) is 11.8. The van der Waals surface area contributed by atoms with Gasteiger partial charge >= 0.3 is 0 Å². The number of rotatable bonds is 6. The van der Waals surface area contributed by atoms with Gasteiger partial charge in [-0.25, -0.2) is 18.1 Å². The highest BCUT2D eigenvalue weighted by molar-refractivity contribution is 8.01. The van der Waals surface area contributed by atoms with E-state index in [2.05, 4.69) is 16.6 Å². The lowest BCUT2D eigenvalue weighted by molar-refractivity contribution is 0.581. The molecule has 3 aromatic carbocycles. The zero-order chi connectivity index (χ0) is 18.9. The molecule has 7 heteroatoms. The first kappa shape index (κ1) is 18.4. The third-order valence-corrected chi connectivity index (χ3v) is 7.69. The van der Waals surface area contributed by atoms with E-state index in [0.717, 1.165) is 36.6 Å². The monoisotopic (exact) mass is 414 g/mol. The number of thioether (sulfide) groups is 1. The summed E-state index contributed by atoms with van der Waals surface area (Å²) in [6.45, 7) is 2.32. The first-order chi connectivity index (χ1) is 13.1. The molecule has 0 amide bonds. The molecular weight excluding hydrogens is 396 g/mol. The molecule has 0 bridgehead atoms. The van der Waals surface area contributed by atoms with Gasteiger partial charge in [0.05, 0.1) is 15.1 Å². The Kier molecular flexibility index (Phi) is 5.19. The molecule has 0 spiro atoms. The smallest absolute Gasteiger partial charge is 0.230 e. The minimum Gasteiger partial charge on any atom is -0.230 e. The van der Waals surface area contributed by atoms with Crippen LogP contribution in [-0.2, 0) is 16.6 Å². The van der Waals surface area contributed by atoms with Crippen molar-refractivity contribution in [3.05, 3.63) is 66.2 Å². The summed E-state index contributed by atoms with van der Waals surface area (Å²) in [6.07, 6.45) is 0. The van der Waals surface area contributed by atoms with Gasteiger partial charge in [0, 0.05) is 6.54 Å². The van der Waals surface area contributed by atoms with E-state index in [-0.39, 0.29) is 11.4 Å². The number of thiazole rings is 1. The number of hydrogen-bond acceptors (Lipinski definition) is 5. The standard InChI is InChI=1S/C20H18N2O2S3/c1-2-25-20-22-18-11-10-16(12-19(18)26-20)27(23,24)21-13-15-8-5-7-14-6-3-4-9-17(14)15/h3-12,21H,2,13H2,1H3. The fourth-order valence-corrected chi connectivity index (χ4v) is 6.05. The highest BCUT2D eigenvalue weighted by Crippen LogP contribution is 2.31. The maximum atomic E-state index is 12.8.